The highest BCUT2D eigenvalue weighted by molar-refractivity contribution is 7.85. The molecule has 1 saturated heterocycles. The summed E-state index contributed by atoms with van der Waals surface area (Å²) in [4.78, 5) is 0. The van der Waals surface area contributed by atoms with E-state index in [1.165, 1.54) is 0 Å². The maximum Gasteiger partial charge on any atom is 0.0221 e. The SMILES string of the molecule is C[N-]C1CCS(=O)CC1. The molecule has 0 saturated carbocycles. The first-order chi connectivity index (χ1) is 4.33. The molecule has 0 N–H and O–H groups in total. The fraction of sp³-hybridized carbons (Fsp3) is 1.00. The molecular formula is C6H12NOS-. The van der Waals surface area contributed by atoms with Gasteiger partial charge in [0.2, 0.25) is 0 Å². The molecule has 0 aliphatic carbocycles. The van der Waals surface area contributed by atoms with Gasteiger partial charge in [0, 0.05) is 22.3 Å². The Morgan fingerprint density at radius 2 is 2.00 bits per heavy atom. The van der Waals surface area contributed by atoms with E-state index < -0.39 is 10.8 Å². The van der Waals surface area contributed by atoms with Crippen molar-refractivity contribution >= 4 is 10.8 Å². The van der Waals surface area contributed by atoms with Crippen LogP contribution in [0.4, 0.5) is 0 Å². The molecule has 1 aliphatic heterocycles. The van der Waals surface area contributed by atoms with Gasteiger partial charge in [-0.3, -0.25) is 4.21 Å². The van der Waals surface area contributed by atoms with Crippen LogP contribution in [0.5, 0.6) is 0 Å². The predicted molar refractivity (Wildman–Crippen MR) is 40.2 cm³/mol. The second-order valence-electron chi connectivity index (χ2n) is 2.34. The highest BCUT2D eigenvalue weighted by Gasteiger charge is 2.09. The molecule has 1 fully saturated rings. The molecule has 1 rings (SSSR count). The van der Waals surface area contributed by atoms with E-state index in [9.17, 15) is 4.21 Å². The molecule has 0 unspecified atom stereocenters. The average molecular weight is 146 g/mol. The summed E-state index contributed by atoms with van der Waals surface area (Å²) in [5.74, 6) is 1.73. The van der Waals surface area contributed by atoms with Gasteiger partial charge in [-0.2, -0.15) is 7.05 Å². The maximum atomic E-state index is 10.8. The van der Waals surface area contributed by atoms with Crippen molar-refractivity contribution in [1.82, 2.24) is 0 Å². The van der Waals surface area contributed by atoms with E-state index in [-0.39, 0.29) is 0 Å². The summed E-state index contributed by atoms with van der Waals surface area (Å²) in [5.41, 5.74) is 0. The lowest BCUT2D eigenvalue weighted by atomic mass is 10.2. The zero-order valence-corrected chi connectivity index (χ0v) is 6.49. The van der Waals surface area contributed by atoms with E-state index in [4.69, 9.17) is 0 Å². The molecule has 0 bridgehead atoms. The molecule has 54 valence electrons. The molecule has 0 atom stereocenters. The molecule has 0 radical (unpaired) electrons. The number of nitrogens with zero attached hydrogens (tertiary/aromatic N) is 1. The van der Waals surface area contributed by atoms with E-state index in [1.807, 2.05) is 7.05 Å². The van der Waals surface area contributed by atoms with E-state index >= 15 is 0 Å². The van der Waals surface area contributed by atoms with Crippen molar-refractivity contribution in [2.24, 2.45) is 0 Å². The summed E-state index contributed by atoms with van der Waals surface area (Å²) >= 11 is 0. The van der Waals surface area contributed by atoms with Gasteiger partial charge >= 0.3 is 0 Å². The third kappa shape index (κ3) is 2.06. The largest absolute Gasteiger partial charge is 0.662 e. The van der Waals surface area contributed by atoms with Crippen LogP contribution in [0.1, 0.15) is 12.8 Å². The van der Waals surface area contributed by atoms with Crippen LogP contribution in [-0.4, -0.2) is 28.8 Å². The third-order valence-corrected chi connectivity index (χ3v) is 3.10. The van der Waals surface area contributed by atoms with Crippen molar-refractivity contribution in [3.8, 4) is 0 Å². The summed E-state index contributed by atoms with van der Waals surface area (Å²) in [6, 6.07) is 0.502. The summed E-state index contributed by atoms with van der Waals surface area (Å²) < 4.78 is 10.8. The van der Waals surface area contributed by atoms with Gasteiger partial charge in [-0.15, -0.1) is 6.04 Å². The molecular weight excluding hydrogens is 134 g/mol. The zero-order valence-electron chi connectivity index (χ0n) is 5.67. The highest BCUT2D eigenvalue weighted by Crippen LogP contribution is 2.14. The number of hydrogen-bond acceptors (Lipinski definition) is 1. The normalized spacial score (nSPS) is 36.6. The summed E-state index contributed by atoms with van der Waals surface area (Å²) in [6.45, 7) is 0. The van der Waals surface area contributed by atoms with E-state index in [0.717, 1.165) is 24.3 Å². The molecule has 0 spiro atoms. The van der Waals surface area contributed by atoms with Crippen LogP contribution < -0.4 is 0 Å². The Morgan fingerprint density at radius 1 is 1.44 bits per heavy atom. The second kappa shape index (κ2) is 3.32. The highest BCUT2D eigenvalue weighted by atomic mass is 32.2. The quantitative estimate of drug-likeness (QED) is 0.540. The van der Waals surface area contributed by atoms with Gasteiger partial charge in [0.25, 0.3) is 0 Å². The van der Waals surface area contributed by atoms with Gasteiger partial charge in [-0.1, -0.05) is 12.8 Å². The van der Waals surface area contributed by atoms with Crippen LogP contribution in [-0.2, 0) is 10.8 Å². The van der Waals surface area contributed by atoms with Gasteiger partial charge in [0.15, 0.2) is 0 Å². The minimum atomic E-state index is -0.522. The van der Waals surface area contributed by atoms with E-state index in [1.54, 1.807) is 0 Å². The van der Waals surface area contributed by atoms with Crippen molar-refractivity contribution in [2.45, 2.75) is 18.9 Å². The monoisotopic (exact) mass is 146 g/mol. The lowest BCUT2D eigenvalue weighted by Crippen LogP contribution is -2.21. The van der Waals surface area contributed by atoms with Crippen molar-refractivity contribution < 1.29 is 4.21 Å². The lowest BCUT2D eigenvalue weighted by Gasteiger charge is -2.30. The van der Waals surface area contributed by atoms with Crippen LogP contribution in [0.25, 0.3) is 5.32 Å². The third-order valence-electron chi connectivity index (χ3n) is 1.72. The van der Waals surface area contributed by atoms with Crippen LogP contribution in [0.2, 0.25) is 0 Å². The van der Waals surface area contributed by atoms with Gasteiger partial charge in [0.05, 0.1) is 0 Å². The first-order valence-corrected chi connectivity index (χ1v) is 4.75. The maximum absolute atomic E-state index is 10.8. The molecule has 1 heterocycles. The first-order valence-electron chi connectivity index (χ1n) is 3.27. The molecule has 0 amide bonds. The van der Waals surface area contributed by atoms with Crippen LogP contribution in [0.15, 0.2) is 0 Å². The smallest absolute Gasteiger partial charge is 0.0221 e. The minimum absolute atomic E-state index is 0.502. The Bertz CT molecular complexity index is 106. The van der Waals surface area contributed by atoms with Gasteiger partial charge < -0.3 is 5.32 Å². The van der Waals surface area contributed by atoms with Crippen molar-refractivity contribution in [1.29, 1.82) is 0 Å². The lowest BCUT2D eigenvalue weighted by molar-refractivity contribution is 0.633. The van der Waals surface area contributed by atoms with Crippen molar-refractivity contribution in [2.75, 3.05) is 18.6 Å². The fourth-order valence-electron chi connectivity index (χ4n) is 1.04. The van der Waals surface area contributed by atoms with Crippen molar-refractivity contribution in [3.05, 3.63) is 5.32 Å². The van der Waals surface area contributed by atoms with Gasteiger partial charge in [-0.05, 0) is 0 Å². The Balaban J connectivity index is 2.26. The second-order valence-corrected chi connectivity index (χ2v) is 4.03. The minimum Gasteiger partial charge on any atom is -0.662 e. The fourth-order valence-corrected chi connectivity index (χ4v) is 2.31. The number of rotatable bonds is 1. The van der Waals surface area contributed by atoms with Crippen LogP contribution in [0.3, 0.4) is 0 Å². The summed E-state index contributed by atoms with van der Waals surface area (Å²) in [7, 11) is 1.32. The Kier molecular flexibility index (Phi) is 2.66. The first kappa shape index (κ1) is 7.22. The molecule has 9 heavy (non-hydrogen) atoms. The van der Waals surface area contributed by atoms with E-state index in [2.05, 4.69) is 5.32 Å². The standard InChI is InChI=1S/C6H12NOS/c1-7-6-2-4-9(8)5-3-6/h6H,2-5H2,1H3/q-1. The Labute approximate surface area is 58.5 Å². The predicted octanol–water partition coefficient (Wildman–Crippen LogP) is 0.901. The molecule has 0 aromatic carbocycles. The van der Waals surface area contributed by atoms with Gasteiger partial charge in [-0.25, -0.2) is 0 Å². The topological polar surface area (TPSA) is 31.2 Å². The average Bonchev–Trinajstić information content (AvgIpc) is 1.90. The Morgan fingerprint density at radius 3 is 2.44 bits per heavy atom. The number of hydrogen-bond donors (Lipinski definition) is 0. The molecule has 1 aliphatic rings. The molecule has 2 nitrogen and oxygen atoms in total. The summed E-state index contributed by atoms with van der Waals surface area (Å²) in [6.07, 6.45) is 2.06. The van der Waals surface area contributed by atoms with E-state index in [0.29, 0.717) is 6.04 Å². The van der Waals surface area contributed by atoms with Gasteiger partial charge in [0.1, 0.15) is 0 Å². The Hall–Kier alpha value is 0.110. The molecule has 0 aromatic rings. The molecule has 3 heteroatoms. The zero-order chi connectivity index (χ0) is 6.69. The van der Waals surface area contributed by atoms with Crippen LogP contribution in [0, 0.1) is 0 Å². The van der Waals surface area contributed by atoms with Crippen molar-refractivity contribution in [3.63, 3.8) is 0 Å². The molecule has 0 aromatic heterocycles. The van der Waals surface area contributed by atoms with Crippen LogP contribution >= 0.6 is 0 Å². The summed E-state index contributed by atoms with van der Waals surface area (Å²) in [5, 5.41) is 4.15.